The van der Waals surface area contributed by atoms with Crippen molar-refractivity contribution in [3.05, 3.63) is 0 Å². The van der Waals surface area contributed by atoms with E-state index in [-0.39, 0.29) is 0 Å². The molecule has 0 radical (unpaired) electrons. The normalized spacial score (nSPS) is 12.0. The lowest BCUT2D eigenvalue weighted by atomic mass is 10.1. The first-order valence-corrected chi connectivity index (χ1v) is 11.6. The van der Waals surface area contributed by atoms with Gasteiger partial charge in [0.25, 0.3) is 0 Å². The maximum absolute atomic E-state index is 5.84. The second-order valence-corrected chi connectivity index (χ2v) is 9.99. The summed E-state index contributed by atoms with van der Waals surface area (Å²) in [6.45, 7) is 4.54. The van der Waals surface area contributed by atoms with Crippen LogP contribution >= 0.6 is 0 Å². The molecule has 2 nitrogen and oxygen atoms in total. The highest BCUT2D eigenvalue weighted by atomic mass is 28.4. The zero-order valence-electron chi connectivity index (χ0n) is 15.2. The van der Waals surface area contributed by atoms with Gasteiger partial charge in [-0.2, -0.15) is 0 Å². The molecule has 0 aromatic rings. The van der Waals surface area contributed by atoms with Crippen molar-refractivity contribution in [1.82, 2.24) is 0 Å². The van der Waals surface area contributed by atoms with E-state index in [0.717, 1.165) is 0 Å². The van der Waals surface area contributed by atoms with Gasteiger partial charge in [0.1, 0.15) is 0 Å². The minimum absolute atomic E-state index is 1.18. The smallest absolute Gasteiger partial charge is 0.337 e. The van der Waals surface area contributed by atoms with E-state index < -0.39 is 8.56 Å². The van der Waals surface area contributed by atoms with Crippen molar-refractivity contribution in [2.75, 3.05) is 14.2 Å². The van der Waals surface area contributed by atoms with Crippen molar-refractivity contribution in [1.29, 1.82) is 0 Å². The molecule has 0 heterocycles. The Labute approximate surface area is 135 Å². The Morgan fingerprint density at radius 2 is 0.857 bits per heavy atom. The third-order valence-electron chi connectivity index (χ3n) is 4.57. The Morgan fingerprint density at radius 1 is 0.524 bits per heavy atom. The molecule has 0 fully saturated rings. The van der Waals surface area contributed by atoms with Gasteiger partial charge in [0, 0.05) is 14.2 Å². The van der Waals surface area contributed by atoms with Crippen LogP contribution in [0.2, 0.25) is 12.1 Å². The molecule has 0 aliphatic carbocycles. The molecule has 0 aliphatic rings. The van der Waals surface area contributed by atoms with Crippen LogP contribution in [-0.4, -0.2) is 22.8 Å². The largest absolute Gasteiger partial charge is 0.398 e. The van der Waals surface area contributed by atoms with Crippen LogP contribution in [0.3, 0.4) is 0 Å². The Balaban J connectivity index is 3.72. The molecule has 0 N–H and O–H groups in total. The standard InChI is InChI=1S/C18H40O2Si/c1-5-7-9-11-12-13-14-16-18-21(19-3,20-4)17-15-10-8-6-2/h5-18H2,1-4H3. The van der Waals surface area contributed by atoms with Crippen LogP contribution in [0.5, 0.6) is 0 Å². The molecule has 0 spiro atoms. The quantitative estimate of drug-likeness (QED) is 0.241. The third-order valence-corrected chi connectivity index (χ3v) is 8.29. The van der Waals surface area contributed by atoms with Gasteiger partial charge in [-0.05, 0) is 12.1 Å². The molecular formula is C18H40O2Si. The van der Waals surface area contributed by atoms with Crippen LogP contribution in [0.1, 0.15) is 90.9 Å². The van der Waals surface area contributed by atoms with Crippen molar-refractivity contribution in [2.24, 2.45) is 0 Å². The van der Waals surface area contributed by atoms with Gasteiger partial charge in [-0.25, -0.2) is 0 Å². The van der Waals surface area contributed by atoms with E-state index in [9.17, 15) is 0 Å². The first kappa shape index (κ1) is 21.1. The average molecular weight is 317 g/mol. The first-order chi connectivity index (χ1) is 10.2. The molecule has 0 aromatic carbocycles. The Morgan fingerprint density at radius 3 is 1.24 bits per heavy atom. The molecule has 128 valence electrons. The van der Waals surface area contributed by atoms with Gasteiger partial charge in [-0.1, -0.05) is 90.9 Å². The summed E-state index contributed by atoms with van der Waals surface area (Å²) >= 11 is 0. The van der Waals surface area contributed by atoms with E-state index in [4.69, 9.17) is 8.85 Å². The van der Waals surface area contributed by atoms with Crippen LogP contribution < -0.4 is 0 Å². The number of rotatable bonds is 16. The minimum atomic E-state index is -1.87. The summed E-state index contributed by atoms with van der Waals surface area (Å²) < 4.78 is 11.7. The van der Waals surface area contributed by atoms with Crippen LogP contribution in [0.4, 0.5) is 0 Å². The Hall–Kier alpha value is 0.137. The molecule has 0 aromatic heterocycles. The summed E-state index contributed by atoms with van der Waals surface area (Å²) in [6, 6.07) is 2.36. The van der Waals surface area contributed by atoms with Gasteiger partial charge in [0.05, 0.1) is 0 Å². The maximum atomic E-state index is 5.84. The zero-order valence-corrected chi connectivity index (χ0v) is 16.2. The molecule has 0 saturated heterocycles. The van der Waals surface area contributed by atoms with E-state index in [1.807, 2.05) is 14.2 Å². The summed E-state index contributed by atoms with van der Waals surface area (Å²) in [5.41, 5.74) is 0. The molecule has 0 aliphatic heterocycles. The predicted molar refractivity (Wildman–Crippen MR) is 96.1 cm³/mol. The van der Waals surface area contributed by atoms with Crippen molar-refractivity contribution in [3.63, 3.8) is 0 Å². The van der Waals surface area contributed by atoms with Crippen LogP contribution in [0, 0.1) is 0 Å². The summed E-state index contributed by atoms with van der Waals surface area (Å²) in [4.78, 5) is 0. The fourth-order valence-electron chi connectivity index (χ4n) is 2.97. The van der Waals surface area contributed by atoms with E-state index in [1.54, 1.807) is 0 Å². The SMILES string of the molecule is CCCCCCCCCC[Si](CCCCCC)(OC)OC. The van der Waals surface area contributed by atoms with Crippen LogP contribution in [-0.2, 0) is 8.85 Å². The fourth-order valence-corrected chi connectivity index (χ4v) is 5.78. The van der Waals surface area contributed by atoms with E-state index in [1.165, 1.54) is 89.1 Å². The lowest BCUT2D eigenvalue weighted by Crippen LogP contribution is -2.39. The number of hydrogen-bond acceptors (Lipinski definition) is 2. The fraction of sp³-hybridized carbons (Fsp3) is 1.00. The molecule has 0 unspecified atom stereocenters. The summed E-state index contributed by atoms with van der Waals surface area (Å²) in [6.07, 6.45) is 16.3. The van der Waals surface area contributed by atoms with E-state index >= 15 is 0 Å². The van der Waals surface area contributed by atoms with Gasteiger partial charge in [-0.3, -0.25) is 0 Å². The monoisotopic (exact) mass is 316 g/mol. The molecule has 0 saturated carbocycles. The summed E-state index contributed by atoms with van der Waals surface area (Å²) in [5, 5.41) is 0. The topological polar surface area (TPSA) is 18.5 Å². The van der Waals surface area contributed by atoms with Crippen molar-refractivity contribution in [3.8, 4) is 0 Å². The molecule has 0 atom stereocenters. The minimum Gasteiger partial charge on any atom is -0.398 e. The molecular weight excluding hydrogens is 276 g/mol. The lowest BCUT2D eigenvalue weighted by molar-refractivity contribution is 0.238. The molecule has 21 heavy (non-hydrogen) atoms. The van der Waals surface area contributed by atoms with Crippen molar-refractivity contribution < 1.29 is 8.85 Å². The van der Waals surface area contributed by atoms with Gasteiger partial charge < -0.3 is 8.85 Å². The highest BCUT2D eigenvalue weighted by molar-refractivity contribution is 6.67. The van der Waals surface area contributed by atoms with Gasteiger partial charge in [0.15, 0.2) is 0 Å². The highest BCUT2D eigenvalue weighted by Crippen LogP contribution is 2.24. The molecule has 0 rings (SSSR count). The summed E-state index contributed by atoms with van der Waals surface area (Å²) in [5.74, 6) is 0. The Kier molecular flexibility index (Phi) is 15.1. The van der Waals surface area contributed by atoms with Gasteiger partial charge >= 0.3 is 8.56 Å². The highest BCUT2D eigenvalue weighted by Gasteiger charge is 2.33. The average Bonchev–Trinajstić information content (AvgIpc) is 2.52. The van der Waals surface area contributed by atoms with Crippen LogP contribution in [0.25, 0.3) is 0 Å². The van der Waals surface area contributed by atoms with Gasteiger partial charge in [0.2, 0.25) is 0 Å². The van der Waals surface area contributed by atoms with Crippen LogP contribution in [0.15, 0.2) is 0 Å². The van der Waals surface area contributed by atoms with Gasteiger partial charge in [-0.15, -0.1) is 0 Å². The van der Waals surface area contributed by atoms with E-state index in [0.29, 0.717) is 0 Å². The summed E-state index contributed by atoms with van der Waals surface area (Å²) in [7, 11) is 1.85. The van der Waals surface area contributed by atoms with Crippen molar-refractivity contribution in [2.45, 2.75) is 103 Å². The van der Waals surface area contributed by atoms with E-state index in [2.05, 4.69) is 13.8 Å². The van der Waals surface area contributed by atoms with Crippen molar-refractivity contribution >= 4 is 8.56 Å². The second-order valence-electron chi connectivity index (χ2n) is 6.35. The number of unbranched alkanes of at least 4 members (excludes halogenated alkanes) is 10. The number of hydrogen-bond donors (Lipinski definition) is 0. The Bertz CT molecular complexity index is 205. The lowest BCUT2D eigenvalue weighted by Gasteiger charge is -2.27. The zero-order chi connectivity index (χ0) is 15.8. The maximum Gasteiger partial charge on any atom is 0.337 e. The predicted octanol–water partition coefficient (Wildman–Crippen LogP) is 6.44. The molecule has 3 heteroatoms. The third kappa shape index (κ3) is 11.4. The molecule has 0 amide bonds. The molecule has 0 bridgehead atoms. The second kappa shape index (κ2) is 15.0. The first-order valence-electron chi connectivity index (χ1n) is 9.35.